The van der Waals surface area contributed by atoms with Crippen molar-refractivity contribution in [2.24, 2.45) is 17.6 Å². The van der Waals surface area contributed by atoms with Crippen LogP contribution in [0.5, 0.6) is 0 Å². The Morgan fingerprint density at radius 3 is 2.19 bits per heavy atom. The van der Waals surface area contributed by atoms with Gasteiger partial charge in [-0.25, -0.2) is 0 Å². The van der Waals surface area contributed by atoms with Crippen LogP contribution in [0.4, 0.5) is 5.69 Å². The Labute approximate surface area is 140 Å². The van der Waals surface area contributed by atoms with Gasteiger partial charge in [0.25, 0.3) is 0 Å². The van der Waals surface area contributed by atoms with Crippen LogP contribution in [0.15, 0.2) is 22.7 Å². The van der Waals surface area contributed by atoms with Gasteiger partial charge in [0.05, 0.1) is 5.02 Å². The summed E-state index contributed by atoms with van der Waals surface area (Å²) in [4.78, 5) is 12.2. The Kier molecular flexibility index (Phi) is 6.54. The molecule has 0 unspecified atom stereocenters. The molecule has 0 atom stereocenters. The number of hydrogen-bond acceptors (Lipinski definition) is 2. The minimum atomic E-state index is -0.740. The quantitative estimate of drug-likeness (QED) is 0.717. The molecule has 1 amide bonds. The zero-order valence-corrected chi connectivity index (χ0v) is 15.4. The highest BCUT2D eigenvalue weighted by atomic mass is 79.9. The van der Waals surface area contributed by atoms with Crippen LogP contribution in [0.1, 0.15) is 40.5 Å². The largest absolute Gasteiger partial charge is 0.371 e. The molecule has 0 saturated carbocycles. The van der Waals surface area contributed by atoms with Crippen LogP contribution in [0.2, 0.25) is 5.02 Å². The number of carbonyl (C=O) groups is 1. The first kappa shape index (κ1) is 18.3. The molecule has 3 nitrogen and oxygen atoms in total. The number of benzene rings is 1. The molecule has 0 fully saturated rings. The standard InChI is InChI=1S/C16H24BrClN2O/c1-10(2)8-16(15(19)21,9-11(3)4)20-12-5-6-14(18)13(17)7-12/h5-7,10-11,20H,8-9H2,1-4H3,(H2,19,21). The fraction of sp³-hybridized carbons (Fsp3) is 0.562. The number of carbonyl (C=O) groups excluding carboxylic acids is 1. The summed E-state index contributed by atoms with van der Waals surface area (Å²) in [7, 11) is 0. The van der Waals surface area contributed by atoms with Gasteiger partial charge in [0, 0.05) is 10.2 Å². The van der Waals surface area contributed by atoms with Crippen molar-refractivity contribution in [1.29, 1.82) is 0 Å². The summed E-state index contributed by atoms with van der Waals surface area (Å²) >= 11 is 9.42. The van der Waals surface area contributed by atoms with Gasteiger partial charge in [0.2, 0.25) is 5.91 Å². The Balaban J connectivity index is 3.15. The number of nitrogens with two attached hydrogens (primary N) is 1. The topological polar surface area (TPSA) is 55.1 Å². The lowest BCUT2D eigenvalue weighted by molar-refractivity contribution is -0.123. The maximum Gasteiger partial charge on any atom is 0.243 e. The molecule has 0 aliphatic heterocycles. The average Bonchev–Trinajstić information content (AvgIpc) is 2.31. The first-order valence-electron chi connectivity index (χ1n) is 7.19. The average molecular weight is 376 g/mol. The molecule has 0 heterocycles. The zero-order chi connectivity index (χ0) is 16.2. The van der Waals surface area contributed by atoms with Gasteiger partial charge in [-0.2, -0.15) is 0 Å². The highest BCUT2D eigenvalue weighted by Crippen LogP contribution is 2.32. The molecule has 0 aliphatic rings. The Morgan fingerprint density at radius 2 is 1.81 bits per heavy atom. The van der Waals surface area contributed by atoms with E-state index in [0.29, 0.717) is 29.7 Å². The summed E-state index contributed by atoms with van der Waals surface area (Å²) < 4.78 is 0.793. The van der Waals surface area contributed by atoms with Crippen LogP contribution in [0.3, 0.4) is 0 Å². The number of nitrogens with one attached hydrogen (secondary N) is 1. The van der Waals surface area contributed by atoms with E-state index in [-0.39, 0.29) is 5.91 Å². The van der Waals surface area contributed by atoms with Crippen molar-refractivity contribution in [3.8, 4) is 0 Å². The molecule has 1 aromatic rings. The minimum absolute atomic E-state index is 0.309. The minimum Gasteiger partial charge on any atom is -0.371 e. The number of hydrogen-bond donors (Lipinski definition) is 2. The van der Waals surface area contributed by atoms with Crippen molar-refractivity contribution in [1.82, 2.24) is 0 Å². The molecule has 3 N–H and O–H groups in total. The number of halogens is 2. The summed E-state index contributed by atoms with van der Waals surface area (Å²) in [5.41, 5.74) is 5.84. The molecular formula is C16H24BrClN2O. The van der Waals surface area contributed by atoms with E-state index < -0.39 is 5.54 Å². The van der Waals surface area contributed by atoms with E-state index in [4.69, 9.17) is 17.3 Å². The Bertz CT molecular complexity index is 493. The van der Waals surface area contributed by atoms with Gasteiger partial charge in [-0.3, -0.25) is 4.79 Å². The van der Waals surface area contributed by atoms with Crippen LogP contribution in [-0.4, -0.2) is 11.4 Å². The predicted octanol–water partition coefficient (Wildman–Crippen LogP) is 4.83. The first-order chi connectivity index (χ1) is 9.66. The summed E-state index contributed by atoms with van der Waals surface area (Å²) in [5, 5.41) is 4.00. The molecule has 0 radical (unpaired) electrons. The van der Waals surface area contributed by atoms with Crippen LogP contribution in [0, 0.1) is 11.8 Å². The van der Waals surface area contributed by atoms with Crippen molar-refractivity contribution < 1.29 is 4.79 Å². The SMILES string of the molecule is CC(C)CC(CC(C)C)(Nc1ccc(Cl)c(Br)c1)C(N)=O. The van der Waals surface area contributed by atoms with Crippen molar-refractivity contribution in [2.75, 3.05) is 5.32 Å². The lowest BCUT2D eigenvalue weighted by Gasteiger charge is -2.36. The van der Waals surface area contributed by atoms with Gasteiger partial charge in [-0.05, 0) is 58.8 Å². The van der Waals surface area contributed by atoms with E-state index in [1.54, 1.807) is 6.07 Å². The van der Waals surface area contributed by atoms with Crippen molar-refractivity contribution >= 4 is 39.1 Å². The van der Waals surface area contributed by atoms with Gasteiger partial charge in [-0.15, -0.1) is 0 Å². The highest BCUT2D eigenvalue weighted by Gasteiger charge is 2.37. The molecule has 1 aromatic carbocycles. The second kappa shape index (κ2) is 7.50. The normalized spacial score (nSPS) is 12.0. The molecule has 0 bridgehead atoms. The zero-order valence-electron chi connectivity index (χ0n) is 13.0. The van der Waals surface area contributed by atoms with Gasteiger partial charge in [0.1, 0.15) is 5.54 Å². The third kappa shape index (κ3) is 5.19. The Morgan fingerprint density at radius 1 is 1.29 bits per heavy atom. The molecule has 0 aliphatic carbocycles. The fourth-order valence-electron chi connectivity index (χ4n) is 2.69. The monoisotopic (exact) mass is 374 g/mol. The summed E-state index contributed by atoms with van der Waals surface area (Å²) in [5.74, 6) is 0.412. The van der Waals surface area contributed by atoms with Crippen LogP contribution in [0.25, 0.3) is 0 Å². The molecular weight excluding hydrogens is 352 g/mol. The lowest BCUT2D eigenvalue weighted by atomic mass is 9.81. The molecule has 0 aromatic heterocycles. The van der Waals surface area contributed by atoms with Crippen LogP contribution in [-0.2, 0) is 4.79 Å². The third-order valence-corrected chi connectivity index (χ3v) is 4.50. The number of primary amides is 1. The molecule has 0 saturated heterocycles. The number of rotatable bonds is 7. The first-order valence-corrected chi connectivity index (χ1v) is 8.36. The summed E-state index contributed by atoms with van der Waals surface area (Å²) in [6.45, 7) is 8.38. The Hall–Kier alpha value is -0.740. The smallest absolute Gasteiger partial charge is 0.243 e. The van der Waals surface area contributed by atoms with E-state index >= 15 is 0 Å². The van der Waals surface area contributed by atoms with E-state index in [1.165, 1.54) is 0 Å². The van der Waals surface area contributed by atoms with Crippen LogP contribution >= 0.6 is 27.5 Å². The van der Waals surface area contributed by atoms with Gasteiger partial charge < -0.3 is 11.1 Å². The third-order valence-electron chi connectivity index (χ3n) is 3.29. The predicted molar refractivity (Wildman–Crippen MR) is 93.6 cm³/mol. The van der Waals surface area contributed by atoms with Gasteiger partial charge in [0.15, 0.2) is 0 Å². The number of anilines is 1. The van der Waals surface area contributed by atoms with E-state index in [9.17, 15) is 4.79 Å². The van der Waals surface area contributed by atoms with E-state index in [1.807, 2.05) is 12.1 Å². The van der Waals surface area contributed by atoms with Crippen molar-refractivity contribution in [3.63, 3.8) is 0 Å². The highest BCUT2D eigenvalue weighted by molar-refractivity contribution is 9.10. The van der Waals surface area contributed by atoms with E-state index in [0.717, 1.165) is 10.2 Å². The second-order valence-electron chi connectivity index (χ2n) is 6.40. The molecule has 0 spiro atoms. The molecule has 21 heavy (non-hydrogen) atoms. The molecule has 118 valence electrons. The van der Waals surface area contributed by atoms with Crippen molar-refractivity contribution in [2.45, 2.75) is 46.1 Å². The fourth-order valence-corrected chi connectivity index (χ4v) is 3.19. The maximum atomic E-state index is 12.2. The van der Waals surface area contributed by atoms with Crippen LogP contribution < -0.4 is 11.1 Å². The number of amides is 1. The molecule has 1 rings (SSSR count). The maximum absolute atomic E-state index is 12.2. The molecule has 5 heteroatoms. The lowest BCUT2D eigenvalue weighted by Crippen LogP contribution is -2.52. The summed E-state index contributed by atoms with van der Waals surface area (Å²) in [6, 6.07) is 5.54. The van der Waals surface area contributed by atoms with E-state index in [2.05, 4.69) is 48.9 Å². The van der Waals surface area contributed by atoms with Gasteiger partial charge in [-0.1, -0.05) is 39.3 Å². The van der Waals surface area contributed by atoms with Crippen molar-refractivity contribution in [3.05, 3.63) is 27.7 Å². The summed E-state index contributed by atoms with van der Waals surface area (Å²) in [6.07, 6.45) is 1.39. The van der Waals surface area contributed by atoms with Gasteiger partial charge >= 0.3 is 0 Å². The second-order valence-corrected chi connectivity index (χ2v) is 7.66.